The molecule has 0 atom stereocenters. The zero-order valence-corrected chi connectivity index (χ0v) is 9.91. The van der Waals surface area contributed by atoms with Crippen LogP contribution in [-0.4, -0.2) is 19.5 Å². The van der Waals surface area contributed by atoms with Gasteiger partial charge in [-0.1, -0.05) is 12.8 Å². The number of hydrogen-bond acceptors (Lipinski definition) is 3. The van der Waals surface area contributed by atoms with Crippen molar-refractivity contribution < 1.29 is 0 Å². The fraction of sp³-hybridized carbons (Fsp3) is 0.545. The minimum Gasteiger partial charge on any atom is -0.318 e. The molecule has 0 aliphatic heterocycles. The van der Waals surface area contributed by atoms with Gasteiger partial charge in [-0.2, -0.15) is 4.98 Å². The van der Waals surface area contributed by atoms with Crippen molar-refractivity contribution >= 4 is 22.8 Å². The molecule has 0 unspecified atom stereocenters. The van der Waals surface area contributed by atoms with Crippen molar-refractivity contribution in [3.8, 4) is 0 Å². The van der Waals surface area contributed by atoms with E-state index in [2.05, 4.69) is 15.0 Å². The maximum Gasteiger partial charge on any atom is 0.224 e. The van der Waals surface area contributed by atoms with Crippen molar-refractivity contribution in [2.75, 3.05) is 0 Å². The Labute approximate surface area is 98.7 Å². The predicted octanol–water partition coefficient (Wildman–Crippen LogP) is 2.67. The van der Waals surface area contributed by atoms with Crippen LogP contribution in [0.3, 0.4) is 0 Å². The monoisotopic (exact) mass is 236 g/mol. The molecule has 0 spiro atoms. The first kappa shape index (κ1) is 10.0. The zero-order chi connectivity index (χ0) is 11.1. The normalized spacial score (nSPS) is 17.4. The van der Waals surface area contributed by atoms with E-state index in [1.165, 1.54) is 25.7 Å². The second-order valence-corrected chi connectivity index (χ2v) is 4.73. The highest BCUT2D eigenvalue weighted by Crippen LogP contribution is 2.35. The van der Waals surface area contributed by atoms with E-state index in [1.54, 1.807) is 6.33 Å². The first-order valence-corrected chi connectivity index (χ1v) is 5.98. The molecule has 3 rings (SSSR count). The number of fused-ring (bicyclic) bond motifs is 1. The summed E-state index contributed by atoms with van der Waals surface area (Å²) in [6.07, 6.45) is 6.72. The molecule has 1 aliphatic carbocycles. The summed E-state index contributed by atoms with van der Waals surface area (Å²) in [5, 5.41) is 0.331. The summed E-state index contributed by atoms with van der Waals surface area (Å²) in [4.78, 5) is 13.0. The van der Waals surface area contributed by atoms with Crippen LogP contribution < -0.4 is 0 Å². The van der Waals surface area contributed by atoms with E-state index < -0.39 is 0 Å². The molecule has 1 aliphatic rings. The maximum atomic E-state index is 5.97. The molecule has 4 nitrogen and oxygen atoms in total. The summed E-state index contributed by atoms with van der Waals surface area (Å²) >= 11 is 5.97. The molecule has 2 aromatic rings. The molecule has 2 heterocycles. The number of rotatable bonds is 1. The summed E-state index contributed by atoms with van der Waals surface area (Å²) in [6, 6.07) is 0. The van der Waals surface area contributed by atoms with Crippen molar-refractivity contribution in [1.29, 1.82) is 0 Å². The van der Waals surface area contributed by atoms with E-state index >= 15 is 0 Å². The Bertz CT molecular complexity index is 528. The molecular formula is C11H13ClN4. The molecule has 0 aromatic carbocycles. The summed E-state index contributed by atoms with van der Waals surface area (Å²) in [7, 11) is 1.93. The molecule has 0 bridgehead atoms. The third-order valence-electron chi connectivity index (χ3n) is 3.30. The van der Waals surface area contributed by atoms with E-state index in [-0.39, 0.29) is 0 Å². The van der Waals surface area contributed by atoms with Gasteiger partial charge in [-0.3, -0.25) is 0 Å². The molecule has 0 saturated heterocycles. The largest absolute Gasteiger partial charge is 0.318 e. The Hall–Kier alpha value is -1.16. The lowest BCUT2D eigenvalue weighted by molar-refractivity contribution is 0.701. The van der Waals surface area contributed by atoms with Crippen LogP contribution in [-0.2, 0) is 7.05 Å². The SMILES string of the molecule is Cn1cnc2c(C3CCCC3)nc(Cl)nc21. The van der Waals surface area contributed by atoms with E-state index in [0.717, 1.165) is 16.9 Å². The molecule has 5 heteroatoms. The fourth-order valence-corrected chi connectivity index (χ4v) is 2.66. The molecule has 84 valence electrons. The van der Waals surface area contributed by atoms with Crippen molar-refractivity contribution in [1.82, 2.24) is 19.5 Å². The molecule has 0 N–H and O–H groups in total. The topological polar surface area (TPSA) is 43.6 Å². The summed E-state index contributed by atoms with van der Waals surface area (Å²) in [5.74, 6) is 0.512. The van der Waals surface area contributed by atoms with Gasteiger partial charge in [-0.05, 0) is 24.4 Å². The molecule has 1 saturated carbocycles. The average Bonchev–Trinajstić information content (AvgIpc) is 2.88. The molecule has 0 amide bonds. The summed E-state index contributed by atoms with van der Waals surface area (Å²) < 4.78 is 1.89. The van der Waals surface area contributed by atoms with Gasteiger partial charge in [0.05, 0.1) is 12.0 Å². The van der Waals surface area contributed by atoms with E-state index in [4.69, 9.17) is 11.6 Å². The zero-order valence-electron chi connectivity index (χ0n) is 9.15. The summed E-state index contributed by atoms with van der Waals surface area (Å²) in [5.41, 5.74) is 2.79. The van der Waals surface area contributed by atoms with Gasteiger partial charge in [0, 0.05) is 13.0 Å². The van der Waals surface area contributed by atoms with Crippen molar-refractivity contribution in [2.45, 2.75) is 31.6 Å². The van der Waals surface area contributed by atoms with Gasteiger partial charge < -0.3 is 4.57 Å². The number of aromatic nitrogens is 4. The lowest BCUT2D eigenvalue weighted by atomic mass is 10.0. The highest BCUT2D eigenvalue weighted by molar-refractivity contribution is 6.28. The van der Waals surface area contributed by atoms with Crippen LogP contribution in [0, 0.1) is 0 Å². The third-order valence-corrected chi connectivity index (χ3v) is 3.47. The third kappa shape index (κ3) is 1.48. The first-order valence-electron chi connectivity index (χ1n) is 5.60. The van der Waals surface area contributed by atoms with Crippen LogP contribution in [0.1, 0.15) is 37.3 Å². The average molecular weight is 237 g/mol. The van der Waals surface area contributed by atoms with Gasteiger partial charge >= 0.3 is 0 Å². The second kappa shape index (κ2) is 3.70. The predicted molar refractivity (Wildman–Crippen MR) is 62.5 cm³/mol. The molecule has 1 fully saturated rings. The highest BCUT2D eigenvalue weighted by Gasteiger charge is 2.23. The summed E-state index contributed by atoms with van der Waals surface area (Å²) in [6.45, 7) is 0. The number of aryl methyl sites for hydroxylation is 1. The minimum atomic E-state index is 0.331. The van der Waals surface area contributed by atoms with Crippen molar-refractivity contribution in [3.63, 3.8) is 0 Å². The van der Waals surface area contributed by atoms with E-state index in [0.29, 0.717) is 11.2 Å². The van der Waals surface area contributed by atoms with Gasteiger partial charge in [0.1, 0.15) is 5.52 Å². The number of nitrogens with zero attached hydrogens (tertiary/aromatic N) is 4. The van der Waals surface area contributed by atoms with Crippen molar-refractivity contribution in [2.24, 2.45) is 7.05 Å². The highest BCUT2D eigenvalue weighted by atomic mass is 35.5. The Kier molecular flexibility index (Phi) is 2.32. The number of halogens is 1. The van der Waals surface area contributed by atoms with Crippen LogP contribution in [0.25, 0.3) is 11.2 Å². The first-order chi connectivity index (χ1) is 7.75. The van der Waals surface area contributed by atoms with E-state index in [9.17, 15) is 0 Å². The Morgan fingerprint density at radius 3 is 2.81 bits per heavy atom. The van der Waals surface area contributed by atoms with Crippen LogP contribution >= 0.6 is 11.6 Å². The minimum absolute atomic E-state index is 0.331. The molecule has 16 heavy (non-hydrogen) atoms. The standard InChI is InChI=1S/C11H13ClN4/c1-16-6-13-9-8(7-4-2-3-5-7)14-11(12)15-10(9)16/h6-7H,2-5H2,1H3. The van der Waals surface area contributed by atoms with Crippen LogP contribution in [0.2, 0.25) is 5.28 Å². The van der Waals surface area contributed by atoms with Crippen LogP contribution in [0.15, 0.2) is 6.33 Å². The van der Waals surface area contributed by atoms with Crippen LogP contribution in [0.4, 0.5) is 0 Å². The number of imidazole rings is 1. The van der Waals surface area contributed by atoms with Crippen LogP contribution in [0.5, 0.6) is 0 Å². The quantitative estimate of drug-likeness (QED) is 0.715. The van der Waals surface area contributed by atoms with Gasteiger partial charge in [0.25, 0.3) is 0 Å². The second-order valence-electron chi connectivity index (χ2n) is 4.39. The van der Waals surface area contributed by atoms with E-state index in [1.807, 2.05) is 11.6 Å². The lowest BCUT2D eigenvalue weighted by Gasteiger charge is -2.08. The number of hydrogen-bond donors (Lipinski definition) is 0. The Balaban J connectivity index is 2.21. The Morgan fingerprint density at radius 1 is 1.31 bits per heavy atom. The molecule has 0 radical (unpaired) electrons. The maximum absolute atomic E-state index is 5.97. The molecular weight excluding hydrogens is 224 g/mol. The smallest absolute Gasteiger partial charge is 0.224 e. The molecule has 2 aromatic heterocycles. The lowest BCUT2D eigenvalue weighted by Crippen LogP contribution is -2.01. The fourth-order valence-electron chi connectivity index (χ4n) is 2.48. The van der Waals surface area contributed by atoms with Gasteiger partial charge in [0.2, 0.25) is 5.28 Å². The van der Waals surface area contributed by atoms with Gasteiger partial charge in [0.15, 0.2) is 5.65 Å². The Morgan fingerprint density at radius 2 is 2.06 bits per heavy atom. The van der Waals surface area contributed by atoms with Gasteiger partial charge in [-0.25, -0.2) is 9.97 Å². The van der Waals surface area contributed by atoms with Gasteiger partial charge in [-0.15, -0.1) is 0 Å². The van der Waals surface area contributed by atoms with Crippen molar-refractivity contribution in [3.05, 3.63) is 17.3 Å².